The van der Waals surface area contributed by atoms with Crippen molar-refractivity contribution in [1.82, 2.24) is 0 Å². The first kappa shape index (κ1) is 21.5. The average molecular weight is 454 g/mol. The van der Waals surface area contributed by atoms with Gasteiger partial charge in [-0.2, -0.15) is 0 Å². The van der Waals surface area contributed by atoms with E-state index in [4.69, 9.17) is 4.74 Å². The molecule has 2 N–H and O–H groups in total. The Labute approximate surface area is 196 Å². The molecule has 1 atom stereocenters. The third kappa shape index (κ3) is 3.71. The smallest absolute Gasteiger partial charge is 0.300 e. The molecule has 7 heteroatoms. The van der Waals surface area contributed by atoms with Gasteiger partial charge in [-0.3, -0.25) is 19.3 Å². The van der Waals surface area contributed by atoms with Gasteiger partial charge in [-0.25, -0.2) is 0 Å². The number of nitrogens with zero attached hydrogens (tertiary/aromatic N) is 1. The largest absolute Gasteiger partial charge is 0.507 e. The van der Waals surface area contributed by atoms with Crippen LogP contribution in [0.25, 0.3) is 5.76 Å². The van der Waals surface area contributed by atoms with Crippen LogP contribution >= 0.6 is 0 Å². The molecule has 170 valence electrons. The zero-order chi connectivity index (χ0) is 23.8. The second-order valence-electron chi connectivity index (χ2n) is 8.23. The quantitative estimate of drug-likeness (QED) is 0.350. The van der Waals surface area contributed by atoms with Crippen molar-refractivity contribution >= 4 is 34.7 Å². The number of nitrogens with one attached hydrogen (secondary N) is 1. The molecule has 2 amide bonds. The number of ether oxygens (including phenoxy) is 1. The van der Waals surface area contributed by atoms with Gasteiger partial charge in [0.15, 0.2) is 0 Å². The fourth-order valence-corrected chi connectivity index (χ4v) is 4.45. The van der Waals surface area contributed by atoms with Crippen LogP contribution in [-0.4, -0.2) is 29.3 Å². The number of amides is 2. The monoisotopic (exact) mass is 454 g/mol. The lowest BCUT2D eigenvalue weighted by Crippen LogP contribution is -2.29. The molecule has 0 radical (unpaired) electrons. The van der Waals surface area contributed by atoms with E-state index in [0.29, 0.717) is 35.5 Å². The van der Waals surface area contributed by atoms with E-state index >= 15 is 0 Å². The van der Waals surface area contributed by atoms with Crippen LogP contribution in [0.1, 0.15) is 29.7 Å². The van der Waals surface area contributed by atoms with E-state index in [1.54, 1.807) is 42.5 Å². The molecule has 3 aromatic rings. The molecule has 2 heterocycles. The Balaban J connectivity index is 1.63. The molecule has 2 aliphatic rings. The van der Waals surface area contributed by atoms with Gasteiger partial charge in [-0.05, 0) is 53.6 Å². The van der Waals surface area contributed by atoms with Crippen molar-refractivity contribution in [3.05, 3.63) is 95.1 Å². The predicted octanol–water partition coefficient (Wildman–Crippen LogP) is 4.21. The van der Waals surface area contributed by atoms with Gasteiger partial charge in [0.05, 0.1) is 18.2 Å². The molecule has 1 fully saturated rings. The maximum absolute atomic E-state index is 13.2. The number of carbonyl (C=O) groups excluding carboxylic acids is 3. The Morgan fingerprint density at radius 1 is 1.03 bits per heavy atom. The third-order valence-corrected chi connectivity index (χ3v) is 5.99. The lowest BCUT2D eigenvalue weighted by Gasteiger charge is -2.25. The number of Topliss-reactive ketones (excluding diaryl/α,β-unsaturated/α-hetero) is 1. The molecular formula is C27H22N2O5. The SMILES string of the molecule is CC(=O)Nc1ccc(N2C(=O)C(=O)/C(=C(\O)c3ccc4c(c3)CCO4)C2c2ccccc2)cc1. The second-order valence-corrected chi connectivity index (χ2v) is 8.23. The normalized spacial score (nSPS) is 18.5. The van der Waals surface area contributed by atoms with Crippen LogP contribution in [-0.2, 0) is 20.8 Å². The van der Waals surface area contributed by atoms with Gasteiger partial charge in [0.2, 0.25) is 5.91 Å². The van der Waals surface area contributed by atoms with Gasteiger partial charge in [-0.1, -0.05) is 30.3 Å². The van der Waals surface area contributed by atoms with E-state index in [2.05, 4.69) is 5.32 Å². The van der Waals surface area contributed by atoms with Crippen LogP contribution in [0.15, 0.2) is 78.4 Å². The van der Waals surface area contributed by atoms with E-state index in [9.17, 15) is 19.5 Å². The molecule has 3 aromatic carbocycles. The highest BCUT2D eigenvalue weighted by atomic mass is 16.5. The van der Waals surface area contributed by atoms with Gasteiger partial charge in [-0.15, -0.1) is 0 Å². The number of hydrogen-bond acceptors (Lipinski definition) is 5. The molecule has 7 nitrogen and oxygen atoms in total. The molecule has 2 aliphatic heterocycles. The highest BCUT2D eigenvalue weighted by molar-refractivity contribution is 6.51. The van der Waals surface area contributed by atoms with Crippen LogP contribution in [0.3, 0.4) is 0 Å². The third-order valence-electron chi connectivity index (χ3n) is 5.99. The molecule has 1 unspecified atom stereocenters. The summed E-state index contributed by atoms with van der Waals surface area (Å²) in [5, 5.41) is 14.0. The predicted molar refractivity (Wildman–Crippen MR) is 128 cm³/mol. The van der Waals surface area contributed by atoms with Gasteiger partial charge >= 0.3 is 0 Å². The Bertz CT molecular complexity index is 1330. The van der Waals surface area contributed by atoms with Crippen molar-refractivity contribution in [2.75, 3.05) is 16.8 Å². The first-order valence-electron chi connectivity index (χ1n) is 10.9. The number of rotatable bonds is 4. The van der Waals surface area contributed by atoms with Gasteiger partial charge in [0.25, 0.3) is 11.7 Å². The minimum atomic E-state index is -0.808. The number of aliphatic hydroxyl groups excluding tert-OH is 1. The standard InChI is InChI=1S/C27H22N2O5/c1-16(30)28-20-8-10-21(11-9-20)29-24(17-5-3-2-4-6-17)23(26(32)27(29)33)25(31)19-7-12-22-18(15-19)13-14-34-22/h2-12,15,24,31H,13-14H2,1H3,(H,28,30)/b25-23-. The van der Waals surface area contributed by atoms with Crippen LogP contribution in [0.2, 0.25) is 0 Å². The molecule has 0 aromatic heterocycles. The molecule has 5 rings (SSSR count). The molecular weight excluding hydrogens is 432 g/mol. The first-order valence-corrected chi connectivity index (χ1v) is 10.9. The molecule has 0 aliphatic carbocycles. The number of benzene rings is 3. The topological polar surface area (TPSA) is 95.9 Å². The zero-order valence-corrected chi connectivity index (χ0v) is 18.4. The Kier molecular flexibility index (Phi) is 5.37. The van der Waals surface area contributed by atoms with Gasteiger partial charge < -0.3 is 15.2 Å². The highest BCUT2D eigenvalue weighted by Gasteiger charge is 2.47. The van der Waals surface area contributed by atoms with Crippen molar-refractivity contribution in [2.24, 2.45) is 0 Å². The second kappa shape index (κ2) is 8.51. The zero-order valence-electron chi connectivity index (χ0n) is 18.4. The summed E-state index contributed by atoms with van der Waals surface area (Å²) in [4.78, 5) is 39.2. The Morgan fingerprint density at radius 2 is 1.76 bits per heavy atom. The number of ketones is 1. The Hall–Kier alpha value is -4.39. The van der Waals surface area contributed by atoms with Crippen LogP contribution in [0.4, 0.5) is 11.4 Å². The number of anilines is 2. The summed E-state index contributed by atoms with van der Waals surface area (Å²) >= 11 is 0. The maximum Gasteiger partial charge on any atom is 0.300 e. The average Bonchev–Trinajstić information content (AvgIpc) is 3.41. The van der Waals surface area contributed by atoms with E-state index in [-0.39, 0.29) is 17.2 Å². The van der Waals surface area contributed by atoms with E-state index in [1.165, 1.54) is 11.8 Å². The van der Waals surface area contributed by atoms with Crippen molar-refractivity contribution < 1.29 is 24.2 Å². The fraction of sp³-hybridized carbons (Fsp3) is 0.148. The summed E-state index contributed by atoms with van der Waals surface area (Å²) < 4.78 is 5.54. The molecule has 34 heavy (non-hydrogen) atoms. The van der Waals surface area contributed by atoms with Crippen LogP contribution in [0, 0.1) is 0 Å². The minimum Gasteiger partial charge on any atom is -0.507 e. The summed E-state index contributed by atoms with van der Waals surface area (Å²) in [6.07, 6.45) is 0.716. The van der Waals surface area contributed by atoms with Gasteiger partial charge in [0, 0.05) is 30.3 Å². The number of aliphatic hydroxyl groups is 1. The molecule has 0 spiro atoms. The number of carbonyl (C=O) groups is 3. The minimum absolute atomic E-state index is 0.0287. The fourth-order valence-electron chi connectivity index (χ4n) is 4.45. The summed E-state index contributed by atoms with van der Waals surface area (Å²) in [5.74, 6) is -1.16. The molecule has 0 bridgehead atoms. The van der Waals surface area contributed by atoms with E-state index in [1.807, 2.05) is 30.3 Å². The van der Waals surface area contributed by atoms with E-state index < -0.39 is 17.7 Å². The highest BCUT2D eigenvalue weighted by Crippen LogP contribution is 2.42. The van der Waals surface area contributed by atoms with Crippen LogP contribution < -0.4 is 15.0 Å². The molecule has 1 saturated heterocycles. The van der Waals surface area contributed by atoms with E-state index in [0.717, 1.165) is 11.3 Å². The van der Waals surface area contributed by atoms with Crippen molar-refractivity contribution in [3.8, 4) is 5.75 Å². The first-order chi connectivity index (χ1) is 16.4. The maximum atomic E-state index is 13.2. The van der Waals surface area contributed by atoms with Crippen molar-refractivity contribution in [1.29, 1.82) is 0 Å². The Morgan fingerprint density at radius 3 is 2.47 bits per heavy atom. The lowest BCUT2D eigenvalue weighted by molar-refractivity contribution is -0.132. The molecule has 0 saturated carbocycles. The summed E-state index contributed by atoms with van der Waals surface area (Å²) in [6, 6.07) is 20.2. The van der Waals surface area contributed by atoms with Crippen LogP contribution in [0.5, 0.6) is 5.75 Å². The van der Waals surface area contributed by atoms with Crippen molar-refractivity contribution in [2.45, 2.75) is 19.4 Å². The number of hydrogen-bond donors (Lipinski definition) is 2. The summed E-state index contributed by atoms with van der Waals surface area (Å²) in [5.41, 5.74) is 3.18. The van der Waals surface area contributed by atoms with Gasteiger partial charge in [0.1, 0.15) is 11.5 Å². The lowest BCUT2D eigenvalue weighted by atomic mass is 9.94. The number of fused-ring (bicyclic) bond motifs is 1. The van der Waals surface area contributed by atoms with Crippen molar-refractivity contribution in [3.63, 3.8) is 0 Å². The summed E-state index contributed by atoms with van der Waals surface area (Å²) in [6.45, 7) is 1.98. The summed E-state index contributed by atoms with van der Waals surface area (Å²) in [7, 11) is 0.